The van der Waals surface area contributed by atoms with Gasteiger partial charge in [0.2, 0.25) is 0 Å². The molecule has 0 aliphatic carbocycles. The summed E-state index contributed by atoms with van der Waals surface area (Å²) in [7, 11) is -3.72. The summed E-state index contributed by atoms with van der Waals surface area (Å²) in [6, 6.07) is 8.97. The van der Waals surface area contributed by atoms with E-state index in [1.807, 2.05) is 30.3 Å². The predicted octanol–water partition coefficient (Wildman–Crippen LogP) is 3.44. The molecule has 2 saturated heterocycles. The summed E-state index contributed by atoms with van der Waals surface area (Å²) in [5, 5.41) is 0. The number of carbonyl (C=O) groups excluding carboxylic acids is 1. The molecule has 11 heteroatoms. The fourth-order valence-corrected chi connectivity index (χ4v) is 4.77. The van der Waals surface area contributed by atoms with Crippen LogP contribution in [0.25, 0.3) is 0 Å². The summed E-state index contributed by atoms with van der Waals surface area (Å²) in [6.45, 7) is 12.5. The number of ether oxygens (including phenoxy) is 5. The lowest BCUT2D eigenvalue weighted by Crippen LogP contribution is -2.58. The summed E-state index contributed by atoms with van der Waals surface area (Å²) in [5.41, 5.74) is -0.775. The maximum absolute atomic E-state index is 13.3. The van der Waals surface area contributed by atoms with Crippen LogP contribution in [0.3, 0.4) is 0 Å². The molecule has 1 unspecified atom stereocenters. The molecule has 0 bridgehead atoms. The molecule has 0 N–H and O–H groups in total. The molecule has 2 heterocycles. The van der Waals surface area contributed by atoms with Crippen molar-refractivity contribution >= 4 is 16.2 Å². The van der Waals surface area contributed by atoms with E-state index in [0.717, 1.165) is 11.8 Å². The highest BCUT2D eigenvalue weighted by molar-refractivity contribution is 7.85. The topological polar surface area (TPSA) is 110 Å². The van der Waals surface area contributed by atoms with Crippen LogP contribution in [-0.2, 0) is 44.6 Å². The van der Waals surface area contributed by atoms with Crippen molar-refractivity contribution < 1.29 is 41.1 Å². The summed E-state index contributed by atoms with van der Waals surface area (Å²) in [6.07, 6.45) is -1.87. The van der Waals surface area contributed by atoms with Crippen molar-refractivity contribution in [2.75, 3.05) is 19.5 Å². The minimum atomic E-state index is -3.72. The third-order valence-corrected chi connectivity index (χ3v) is 6.33. The van der Waals surface area contributed by atoms with E-state index in [0.29, 0.717) is 0 Å². The Morgan fingerprint density at radius 1 is 1.14 bits per heavy atom. The monoisotopic (exact) mass is 529 g/mol. The lowest BCUT2D eigenvalue weighted by Gasteiger charge is -2.39. The van der Waals surface area contributed by atoms with E-state index in [4.69, 9.17) is 27.9 Å². The molecule has 0 spiro atoms. The molecule has 204 valence electrons. The van der Waals surface area contributed by atoms with Crippen molar-refractivity contribution in [2.24, 2.45) is 0 Å². The molecule has 0 saturated carbocycles. The van der Waals surface area contributed by atoms with Crippen LogP contribution in [-0.4, -0.2) is 80.3 Å². The molecule has 2 fully saturated rings. The molecule has 1 aromatic rings. The number of amides is 1. The van der Waals surface area contributed by atoms with Crippen LogP contribution in [0.1, 0.15) is 54.0 Å². The third kappa shape index (κ3) is 7.62. The Bertz CT molecular complexity index is 1000. The Balaban J connectivity index is 1.96. The normalized spacial score (nSPS) is 26.7. The van der Waals surface area contributed by atoms with Crippen molar-refractivity contribution in [2.45, 2.75) is 96.5 Å². The zero-order valence-electron chi connectivity index (χ0n) is 22.3. The highest BCUT2D eigenvalue weighted by Gasteiger charge is 2.55. The van der Waals surface area contributed by atoms with Gasteiger partial charge in [0.1, 0.15) is 29.6 Å². The number of rotatable bonds is 8. The third-order valence-electron chi connectivity index (χ3n) is 5.77. The van der Waals surface area contributed by atoms with Crippen LogP contribution in [0, 0.1) is 0 Å². The van der Waals surface area contributed by atoms with Gasteiger partial charge in [0.25, 0.3) is 10.1 Å². The smallest absolute Gasteiger partial charge is 0.412 e. The fraction of sp³-hybridized carbons (Fsp3) is 0.720. The standard InChI is InChI=1S/C25H39NO9S/c1-23(2,3)35-22(27)26-18(15-31-24(26,4)5)20(30-14-17-12-10-9-11-13-17)21-19(16-32-36(8,28)29)33-25(6,7)34-21/h9-13,18-21H,14-16H2,1-8H3/t18-,19-,20-,21?/m0/s1. The van der Waals surface area contributed by atoms with Gasteiger partial charge < -0.3 is 23.7 Å². The number of nitrogens with zero attached hydrogens (tertiary/aromatic N) is 1. The van der Waals surface area contributed by atoms with Gasteiger partial charge in [0.15, 0.2) is 5.79 Å². The van der Waals surface area contributed by atoms with E-state index in [1.165, 1.54) is 4.90 Å². The second-order valence-corrected chi connectivity index (χ2v) is 12.7. The predicted molar refractivity (Wildman–Crippen MR) is 132 cm³/mol. The van der Waals surface area contributed by atoms with Crippen LogP contribution in [0.5, 0.6) is 0 Å². The van der Waals surface area contributed by atoms with Gasteiger partial charge in [0, 0.05) is 0 Å². The maximum atomic E-state index is 13.3. The highest BCUT2D eigenvalue weighted by Crippen LogP contribution is 2.38. The molecule has 36 heavy (non-hydrogen) atoms. The summed E-state index contributed by atoms with van der Waals surface area (Å²) in [4.78, 5) is 14.9. The average Bonchev–Trinajstić information content (AvgIpc) is 3.20. The molecule has 0 aromatic heterocycles. The van der Waals surface area contributed by atoms with Crippen LogP contribution >= 0.6 is 0 Å². The van der Waals surface area contributed by atoms with E-state index in [2.05, 4.69) is 0 Å². The van der Waals surface area contributed by atoms with Gasteiger partial charge in [-0.05, 0) is 54.0 Å². The first-order valence-electron chi connectivity index (χ1n) is 12.0. The molecule has 2 aliphatic rings. The van der Waals surface area contributed by atoms with Gasteiger partial charge in [-0.3, -0.25) is 9.08 Å². The van der Waals surface area contributed by atoms with Gasteiger partial charge in [-0.1, -0.05) is 30.3 Å². The first-order valence-corrected chi connectivity index (χ1v) is 13.8. The van der Waals surface area contributed by atoms with Gasteiger partial charge in [-0.25, -0.2) is 4.79 Å². The minimum Gasteiger partial charge on any atom is -0.444 e. The van der Waals surface area contributed by atoms with Gasteiger partial charge in [0.05, 0.1) is 32.1 Å². The minimum absolute atomic E-state index is 0.158. The Kier molecular flexibility index (Phi) is 8.44. The van der Waals surface area contributed by atoms with E-state index in [1.54, 1.807) is 48.5 Å². The van der Waals surface area contributed by atoms with Crippen LogP contribution in [0.15, 0.2) is 30.3 Å². The largest absolute Gasteiger partial charge is 0.444 e. The zero-order valence-corrected chi connectivity index (χ0v) is 23.2. The van der Waals surface area contributed by atoms with Crippen LogP contribution < -0.4 is 0 Å². The molecule has 10 nitrogen and oxygen atoms in total. The number of benzene rings is 1. The summed E-state index contributed by atoms with van der Waals surface area (Å²) >= 11 is 0. The van der Waals surface area contributed by atoms with E-state index in [9.17, 15) is 13.2 Å². The number of carbonyl (C=O) groups is 1. The second kappa shape index (κ2) is 10.5. The van der Waals surface area contributed by atoms with Gasteiger partial charge >= 0.3 is 6.09 Å². The van der Waals surface area contributed by atoms with E-state index >= 15 is 0 Å². The van der Waals surface area contributed by atoms with Crippen molar-refractivity contribution in [1.82, 2.24) is 4.90 Å². The quantitative estimate of drug-likeness (QED) is 0.468. The van der Waals surface area contributed by atoms with E-state index < -0.39 is 57.7 Å². The van der Waals surface area contributed by atoms with Crippen LogP contribution in [0.4, 0.5) is 4.79 Å². The Morgan fingerprint density at radius 3 is 2.36 bits per heavy atom. The van der Waals surface area contributed by atoms with Gasteiger partial charge in [-0.15, -0.1) is 0 Å². The second-order valence-electron chi connectivity index (χ2n) is 11.1. The lowest BCUT2D eigenvalue weighted by atomic mass is 10.00. The molecule has 4 atom stereocenters. The Labute approximate surface area is 214 Å². The first kappa shape index (κ1) is 28.8. The first-order chi connectivity index (χ1) is 16.5. The zero-order chi connectivity index (χ0) is 26.9. The molecule has 1 amide bonds. The maximum Gasteiger partial charge on any atom is 0.412 e. The summed E-state index contributed by atoms with van der Waals surface area (Å²) < 4.78 is 58.9. The highest BCUT2D eigenvalue weighted by atomic mass is 32.2. The van der Waals surface area contributed by atoms with Gasteiger partial charge in [-0.2, -0.15) is 8.42 Å². The van der Waals surface area contributed by atoms with Crippen molar-refractivity contribution in [3.63, 3.8) is 0 Å². The summed E-state index contributed by atoms with van der Waals surface area (Å²) in [5.74, 6) is -1.03. The molecule has 1 aromatic carbocycles. The number of hydrogen-bond acceptors (Lipinski definition) is 9. The van der Waals surface area contributed by atoms with Crippen LogP contribution in [0.2, 0.25) is 0 Å². The molecular weight excluding hydrogens is 490 g/mol. The van der Waals surface area contributed by atoms with Crippen molar-refractivity contribution in [3.8, 4) is 0 Å². The molecule has 0 radical (unpaired) electrons. The van der Waals surface area contributed by atoms with Crippen molar-refractivity contribution in [1.29, 1.82) is 0 Å². The number of hydrogen-bond donors (Lipinski definition) is 0. The van der Waals surface area contributed by atoms with E-state index in [-0.39, 0.29) is 19.8 Å². The molecule has 3 rings (SSSR count). The molecular formula is C25H39NO9S. The Morgan fingerprint density at radius 2 is 1.78 bits per heavy atom. The fourth-order valence-electron chi connectivity index (χ4n) is 4.39. The van der Waals surface area contributed by atoms with Crippen molar-refractivity contribution in [3.05, 3.63) is 35.9 Å². The lowest BCUT2D eigenvalue weighted by molar-refractivity contribution is -0.167. The molecule has 2 aliphatic heterocycles. The average molecular weight is 530 g/mol. The Hall–Kier alpha value is -1.76. The SMILES string of the molecule is CC(C)(C)OC(=O)N1[C@H]([C@H](OCc2ccccc2)C2OC(C)(C)O[C@H]2COS(C)(=O)=O)COC1(C)C.